The van der Waals surface area contributed by atoms with E-state index in [9.17, 15) is 9.18 Å². The highest BCUT2D eigenvalue weighted by atomic mass is 19.1. The van der Waals surface area contributed by atoms with Gasteiger partial charge < -0.3 is 10.2 Å². The van der Waals surface area contributed by atoms with Crippen molar-refractivity contribution in [3.8, 4) is 5.69 Å². The van der Waals surface area contributed by atoms with Gasteiger partial charge in [0.2, 0.25) is 0 Å². The van der Waals surface area contributed by atoms with Crippen molar-refractivity contribution in [2.45, 2.75) is 32.2 Å². The fraction of sp³-hybridized carbons (Fsp3) is 0.474. The summed E-state index contributed by atoms with van der Waals surface area (Å²) in [6.07, 6.45) is 5.21. The average molecular weight is 342 g/mol. The van der Waals surface area contributed by atoms with Gasteiger partial charge in [-0.15, -0.1) is 0 Å². The fourth-order valence-electron chi connectivity index (χ4n) is 3.54. The predicted molar refractivity (Wildman–Crippen MR) is 93.3 cm³/mol. The number of halogens is 1. The number of likely N-dealkylation sites (tertiary alicyclic amines) is 1. The molecule has 2 aromatic rings. The number of rotatable bonds is 5. The molecule has 0 radical (unpaired) electrons. The van der Waals surface area contributed by atoms with Crippen LogP contribution in [0.15, 0.2) is 30.5 Å². The van der Waals surface area contributed by atoms with Crippen LogP contribution in [0.5, 0.6) is 0 Å². The summed E-state index contributed by atoms with van der Waals surface area (Å²) in [5.41, 5.74) is 1.51. The Hall–Kier alpha value is -2.21. The highest BCUT2D eigenvalue weighted by Gasteiger charge is 2.30. The Labute approximate surface area is 146 Å². The van der Waals surface area contributed by atoms with Crippen LogP contribution in [0, 0.1) is 18.7 Å². The lowest BCUT2D eigenvalue weighted by Gasteiger charge is -2.16. The Bertz CT molecular complexity index is 783. The first-order valence-corrected chi connectivity index (χ1v) is 8.94. The number of carbonyl (C=O) groups excluding carboxylic acids is 1. The van der Waals surface area contributed by atoms with Crippen LogP contribution >= 0.6 is 0 Å². The van der Waals surface area contributed by atoms with Crippen molar-refractivity contribution in [2.75, 3.05) is 19.6 Å². The molecule has 1 saturated heterocycles. The zero-order valence-corrected chi connectivity index (χ0v) is 14.4. The summed E-state index contributed by atoms with van der Waals surface area (Å²) in [5.74, 6) is 0.390. The molecule has 0 bridgehead atoms. The first-order chi connectivity index (χ1) is 12.1. The molecule has 0 spiro atoms. The van der Waals surface area contributed by atoms with E-state index in [0.717, 1.165) is 32.0 Å². The lowest BCUT2D eigenvalue weighted by molar-refractivity contribution is 0.0937. The summed E-state index contributed by atoms with van der Waals surface area (Å²) < 4.78 is 15.5. The summed E-state index contributed by atoms with van der Waals surface area (Å²) in [4.78, 5) is 15.1. The van der Waals surface area contributed by atoms with Crippen molar-refractivity contribution in [1.82, 2.24) is 20.0 Å². The van der Waals surface area contributed by atoms with Crippen molar-refractivity contribution >= 4 is 5.91 Å². The average Bonchev–Trinajstić information content (AvgIpc) is 3.16. The topological polar surface area (TPSA) is 50.2 Å². The van der Waals surface area contributed by atoms with Gasteiger partial charge in [-0.05, 0) is 44.2 Å². The largest absolute Gasteiger partial charge is 0.348 e. The van der Waals surface area contributed by atoms with Crippen LogP contribution < -0.4 is 5.32 Å². The van der Waals surface area contributed by atoms with Crippen LogP contribution in [-0.2, 0) is 0 Å². The maximum atomic E-state index is 14.0. The van der Waals surface area contributed by atoms with Gasteiger partial charge in [0.25, 0.3) is 5.91 Å². The van der Waals surface area contributed by atoms with Crippen molar-refractivity contribution in [3.05, 3.63) is 47.5 Å². The van der Waals surface area contributed by atoms with E-state index in [2.05, 4.69) is 15.3 Å². The molecule has 1 atom stereocenters. The van der Waals surface area contributed by atoms with E-state index in [4.69, 9.17) is 0 Å². The molecule has 2 heterocycles. The molecule has 2 fully saturated rings. The maximum Gasteiger partial charge on any atom is 0.255 e. The van der Waals surface area contributed by atoms with Gasteiger partial charge in [0.15, 0.2) is 0 Å². The number of nitrogens with zero attached hydrogens (tertiary/aromatic N) is 3. The molecule has 6 heteroatoms. The molecule has 1 amide bonds. The first-order valence-electron chi connectivity index (χ1n) is 8.94. The van der Waals surface area contributed by atoms with Gasteiger partial charge in [-0.1, -0.05) is 12.1 Å². The molecule has 1 aromatic carbocycles. The molecule has 132 valence electrons. The second-order valence-corrected chi connectivity index (χ2v) is 7.17. The lowest BCUT2D eigenvalue weighted by Crippen LogP contribution is -2.37. The summed E-state index contributed by atoms with van der Waals surface area (Å²) in [5, 5.41) is 7.32. The minimum Gasteiger partial charge on any atom is -0.348 e. The molecule has 5 nitrogen and oxygen atoms in total. The molecule has 1 aliphatic carbocycles. The zero-order valence-electron chi connectivity index (χ0n) is 14.4. The molecule has 1 aliphatic heterocycles. The number of benzene rings is 1. The molecule has 2 aliphatic rings. The highest BCUT2D eigenvalue weighted by Crippen LogP contribution is 2.30. The Kier molecular flexibility index (Phi) is 4.29. The van der Waals surface area contributed by atoms with Crippen molar-refractivity contribution in [3.63, 3.8) is 0 Å². The first kappa shape index (κ1) is 16.3. The van der Waals surface area contributed by atoms with Crippen LogP contribution in [0.2, 0.25) is 0 Å². The van der Waals surface area contributed by atoms with Crippen LogP contribution in [0.25, 0.3) is 5.69 Å². The van der Waals surface area contributed by atoms with Gasteiger partial charge in [0.05, 0.1) is 17.5 Å². The number of carbonyl (C=O) groups is 1. The predicted octanol–water partition coefficient (Wildman–Crippen LogP) is 2.53. The smallest absolute Gasteiger partial charge is 0.255 e. The van der Waals surface area contributed by atoms with Gasteiger partial charge in [-0.2, -0.15) is 5.10 Å². The second-order valence-electron chi connectivity index (χ2n) is 7.17. The van der Waals surface area contributed by atoms with Crippen LogP contribution in [-0.4, -0.2) is 46.3 Å². The van der Waals surface area contributed by atoms with Gasteiger partial charge in [-0.25, -0.2) is 9.07 Å². The number of hydrogen-bond acceptors (Lipinski definition) is 3. The zero-order chi connectivity index (χ0) is 17.4. The standard InChI is InChI=1S/C19H23FN4O/c1-13-16(10-21-24(13)18-5-3-2-4-17(18)20)19(25)22-15-8-9-23(12-15)11-14-6-7-14/h2-5,10,14-15H,6-9,11-12H2,1H3,(H,22,25)/t15-/m1/s1. The van der Waals surface area contributed by atoms with Crippen molar-refractivity contribution in [1.29, 1.82) is 0 Å². The number of nitrogens with one attached hydrogen (secondary N) is 1. The molecular weight excluding hydrogens is 319 g/mol. The van der Waals surface area contributed by atoms with Gasteiger partial charge in [-0.3, -0.25) is 4.79 Å². The Morgan fingerprint density at radius 2 is 2.12 bits per heavy atom. The second kappa shape index (κ2) is 6.59. The fourth-order valence-corrected chi connectivity index (χ4v) is 3.54. The van der Waals surface area contributed by atoms with Crippen LogP contribution in [0.1, 0.15) is 35.3 Å². The summed E-state index contributed by atoms with van der Waals surface area (Å²) in [6, 6.07) is 6.63. The monoisotopic (exact) mass is 342 g/mol. The van der Waals surface area contributed by atoms with Gasteiger partial charge in [0.1, 0.15) is 11.5 Å². The Morgan fingerprint density at radius 1 is 1.32 bits per heavy atom. The van der Waals surface area contributed by atoms with Gasteiger partial charge >= 0.3 is 0 Å². The minimum atomic E-state index is -0.354. The Morgan fingerprint density at radius 3 is 2.88 bits per heavy atom. The number of hydrogen-bond donors (Lipinski definition) is 1. The minimum absolute atomic E-state index is 0.127. The Balaban J connectivity index is 1.43. The van der Waals surface area contributed by atoms with Gasteiger partial charge in [0, 0.05) is 25.7 Å². The van der Waals surface area contributed by atoms with E-state index >= 15 is 0 Å². The molecular formula is C19H23FN4O. The van der Waals surface area contributed by atoms with E-state index < -0.39 is 0 Å². The third kappa shape index (κ3) is 3.44. The maximum absolute atomic E-state index is 14.0. The number of aromatic nitrogens is 2. The third-order valence-electron chi connectivity index (χ3n) is 5.16. The van der Waals surface area contributed by atoms with E-state index in [1.165, 1.54) is 29.8 Å². The lowest BCUT2D eigenvalue weighted by atomic mass is 10.2. The van der Waals surface area contributed by atoms with Crippen molar-refractivity contribution in [2.24, 2.45) is 5.92 Å². The van der Waals surface area contributed by atoms with E-state index in [0.29, 0.717) is 16.9 Å². The highest BCUT2D eigenvalue weighted by molar-refractivity contribution is 5.95. The normalized spacial score (nSPS) is 20.8. The van der Waals surface area contributed by atoms with E-state index in [1.54, 1.807) is 25.1 Å². The molecule has 1 saturated carbocycles. The number of amides is 1. The number of para-hydroxylation sites is 1. The SMILES string of the molecule is Cc1c(C(=O)N[C@@H]2CCN(CC3CC3)C2)cnn1-c1ccccc1F. The van der Waals surface area contributed by atoms with E-state index in [1.807, 2.05) is 0 Å². The van der Waals surface area contributed by atoms with Crippen LogP contribution in [0.3, 0.4) is 0 Å². The van der Waals surface area contributed by atoms with E-state index in [-0.39, 0.29) is 17.8 Å². The quantitative estimate of drug-likeness (QED) is 0.908. The molecule has 25 heavy (non-hydrogen) atoms. The summed E-state index contributed by atoms with van der Waals surface area (Å²) in [6.45, 7) is 4.93. The van der Waals surface area contributed by atoms with Crippen LogP contribution in [0.4, 0.5) is 4.39 Å². The molecule has 1 N–H and O–H groups in total. The van der Waals surface area contributed by atoms with Crippen molar-refractivity contribution < 1.29 is 9.18 Å². The third-order valence-corrected chi connectivity index (χ3v) is 5.16. The molecule has 4 rings (SSSR count). The molecule has 0 unspecified atom stereocenters. The summed E-state index contributed by atoms with van der Waals surface area (Å²) in [7, 11) is 0. The molecule has 1 aromatic heterocycles. The summed E-state index contributed by atoms with van der Waals surface area (Å²) >= 11 is 0.